The van der Waals surface area contributed by atoms with E-state index in [0.717, 1.165) is 37.3 Å². The van der Waals surface area contributed by atoms with Gasteiger partial charge in [0.1, 0.15) is 0 Å². The highest BCUT2D eigenvalue weighted by atomic mass is 35.5. The summed E-state index contributed by atoms with van der Waals surface area (Å²) in [5.74, 6) is 1.60. The maximum absolute atomic E-state index is 12.8. The number of halogens is 1. The van der Waals surface area contributed by atoms with Crippen LogP contribution < -0.4 is 9.47 Å². The Morgan fingerprint density at radius 3 is 2.96 bits per heavy atom. The first-order valence-electron chi connectivity index (χ1n) is 8.81. The quantitative estimate of drug-likeness (QED) is 0.818. The third-order valence-corrected chi connectivity index (χ3v) is 5.29. The van der Waals surface area contributed by atoms with Crippen molar-refractivity contribution in [3.63, 3.8) is 0 Å². The lowest BCUT2D eigenvalue weighted by Crippen LogP contribution is -2.45. The van der Waals surface area contributed by atoms with Crippen molar-refractivity contribution in [3.05, 3.63) is 52.8 Å². The standard InChI is InChI=1S/C20H21ClN2O3/c1-20(9-14-3-4-17-18(7-14)26-13-25-17)5-2-6-23(12-20)19(24)15-8-16(21)11-22-10-15/h3-4,7-8,10-11H,2,5-6,9,12-13H2,1H3/t20-/m0/s1. The van der Waals surface area contributed by atoms with Crippen molar-refractivity contribution >= 4 is 17.5 Å². The molecule has 0 saturated carbocycles. The number of hydrogen-bond donors (Lipinski definition) is 0. The Hall–Kier alpha value is -2.27. The van der Waals surface area contributed by atoms with Crippen molar-refractivity contribution in [1.29, 1.82) is 0 Å². The third kappa shape index (κ3) is 3.49. The molecule has 0 spiro atoms. The maximum atomic E-state index is 12.8. The number of pyridine rings is 1. The number of aromatic nitrogens is 1. The molecular formula is C20H21ClN2O3. The van der Waals surface area contributed by atoms with Crippen LogP contribution in [0.5, 0.6) is 11.5 Å². The van der Waals surface area contributed by atoms with E-state index in [0.29, 0.717) is 17.1 Å². The molecule has 136 valence electrons. The zero-order valence-electron chi connectivity index (χ0n) is 14.7. The minimum Gasteiger partial charge on any atom is -0.454 e. The minimum atomic E-state index is -0.00314. The summed E-state index contributed by atoms with van der Waals surface area (Å²) < 4.78 is 10.9. The fourth-order valence-electron chi connectivity index (χ4n) is 3.89. The smallest absolute Gasteiger partial charge is 0.255 e. The number of rotatable bonds is 3. The Labute approximate surface area is 157 Å². The van der Waals surface area contributed by atoms with Gasteiger partial charge in [-0.25, -0.2) is 0 Å². The van der Waals surface area contributed by atoms with Crippen molar-refractivity contribution in [1.82, 2.24) is 9.88 Å². The zero-order chi connectivity index (χ0) is 18.1. The van der Waals surface area contributed by atoms with E-state index in [-0.39, 0.29) is 18.1 Å². The second-order valence-corrected chi connectivity index (χ2v) is 7.83. The number of hydrogen-bond acceptors (Lipinski definition) is 4. The van der Waals surface area contributed by atoms with Gasteiger partial charge in [0.25, 0.3) is 5.91 Å². The predicted molar refractivity (Wildman–Crippen MR) is 98.8 cm³/mol. The summed E-state index contributed by atoms with van der Waals surface area (Å²) in [5, 5.41) is 0.482. The fourth-order valence-corrected chi connectivity index (χ4v) is 4.06. The third-order valence-electron chi connectivity index (χ3n) is 5.09. The highest BCUT2D eigenvalue weighted by Gasteiger charge is 2.34. The maximum Gasteiger partial charge on any atom is 0.255 e. The summed E-state index contributed by atoms with van der Waals surface area (Å²) in [6.45, 7) is 4.01. The zero-order valence-corrected chi connectivity index (χ0v) is 15.5. The molecule has 1 amide bonds. The average Bonchev–Trinajstić information content (AvgIpc) is 3.08. The molecule has 6 heteroatoms. The van der Waals surface area contributed by atoms with Gasteiger partial charge < -0.3 is 14.4 Å². The number of nitrogens with zero attached hydrogens (tertiary/aromatic N) is 2. The molecule has 1 aromatic heterocycles. The molecule has 2 aromatic rings. The summed E-state index contributed by atoms with van der Waals surface area (Å²) in [4.78, 5) is 18.8. The second kappa shape index (κ2) is 6.80. The van der Waals surface area contributed by atoms with E-state index in [1.165, 1.54) is 11.8 Å². The molecule has 3 heterocycles. The van der Waals surface area contributed by atoms with Crippen LogP contribution in [0.2, 0.25) is 5.02 Å². The Balaban J connectivity index is 1.49. The van der Waals surface area contributed by atoms with Crippen molar-refractivity contribution < 1.29 is 14.3 Å². The Morgan fingerprint density at radius 2 is 2.12 bits per heavy atom. The van der Waals surface area contributed by atoms with E-state index in [1.807, 2.05) is 11.0 Å². The topological polar surface area (TPSA) is 51.7 Å². The number of carbonyl (C=O) groups is 1. The van der Waals surface area contributed by atoms with Crippen molar-refractivity contribution in [2.75, 3.05) is 19.9 Å². The number of benzene rings is 1. The van der Waals surface area contributed by atoms with Gasteiger partial charge in [-0.1, -0.05) is 24.6 Å². The predicted octanol–water partition coefficient (Wildman–Crippen LogP) is 3.95. The Morgan fingerprint density at radius 1 is 1.27 bits per heavy atom. The van der Waals surface area contributed by atoms with Crippen LogP contribution in [0.1, 0.15) is 35.7 Å². The lowest BCUT2D eigenvalue weighted by Gasteiger charge is -2.40. The first-order valence-corrected chi connectivity index (χ1v) is 9.19. The molecule has 5 nitrogen and oxygen atoms in total. The first kappa shape index (κ1) is 17.2. The Bertz CT molecular complexity index is 842. The molecule has 0 N–H and O–H groups in total. The van der Waals surface area contributed by atoms with Crippen LogP contribution in [-0.4, -0.2) is 35.7 Å². The van der Waals surface area contributed by atoms with Crippen LogP contribution >= 0.6 is 11.6 Å². The highest BCUT2D eigenvalue weighted by Crippen LogP contribution is 2.37. The molecule has 0 unspecified atom stereocenters. The molecule has 0 radical (unpaired) electrons. The van der Waals surface area contributed by atoms with E-state index in [2.05, 4.69) is 24.0 Å². The van der Waals surface area contributed by atoms with Gasteiger partial charge in [0.15, 0.2) is 11.5 Å². The van der Waals surface area contributed by atoms with Crippen molar-refractivity contribution in [2.45, 2.75) is 26.2 Å². The van der Waals surface area contributed by atoms with Crippen LogP contribution in [0.4, 0.5) is 0 Å². The van der Waals surface area contributed by atoms with Crippen LogP contribution in [0.25, 0.3) is 0 Å². The van der Waals surface area contributed by atoms with Gasteiger partial charge in [-0.3, -0.25) is 9.78 Å². The van der Waals surface area contributed by atoms with Gasteiger partial charge >= 0.3 is 0 Å². The molecular weight excluding hydrogens is 352 g/mol. The molecule has 1 aromatic carbocycles. The average molecular weight is 373 g/mol. The second-order valence-electron chi connectivity index (χ2n) is 7.40. The molecule has 0 bridgehead atoms. The summed E-state index contributed by atoms with van der Waals surface area (Å²) >= 11 is 5.98. The SMILES string of the molecule is C[C@@]1(Cc2ccc3c(c2)OCO3)CCCN(C(=O)c2cncc(Cl)c2)C1. The largest absolute Gasteiger partial charge is 0.454 e. The molecule has 1 fully saturated rings. The van der Waals surface area contributed by atoms with E-state index in [4.69, 9.17) is 21.1 Å². The summed E-state index contributed by atoms with van der Waals surface area (Å²) in [6.07, 6.45) is 6.08. The molecule has 1 saturated heterocycles. The van der Waals surface area contributed by atoms with Gasteiger partial charge in [-0.05, 0) is 48.4 Å². The van der Waals surface area contributed by atoms with Crippen LogP contribution in [0.15, 0.2) is 36.7 Å². The molecule has 4 rings (SSSR count). The van der Waals surface area contributed by atoms with E-state index in [9.17, 15) is 4.79 Å². The number of piperidine rings is 1. The first-order chi connectivity index (χ1) is 12.5. The van der Waals surface area contributed by atoms with Crippen LogP contribution in [-0.2, 0) is 6.42 Å². The fraction of sp³-hybridized carbons (Fsp3) is 0.400. The molecule has 1 atom stereocenters. The Kier molecular flexibility index (Phi) is 4.49. The lowest BCUT2D eigenvalue weighted by molar-refractivity contribution is 0.0550. The summed E-state index contributed by atoms with van der Waals surface area (Å²) in [7, 11) is 0. The summed E-state index contributed by atoms with van der Waals surface area (Å²) in [6, 6.07) is 7.78. The van der Waals surface area contributed by atoms with Gasteiger partial charge in [-0.2, -0.15) is 0 Å². The van der Waals surface area contributed by atoms with Crippen molar-refractivity contribution in [3.8, 4) is 11.5 Å². The summed E-state index contributed by atoms with van der Waals surface area (Å²) in [5.41, 5.74) is 1.77. The molecule has 2 aliphatic heterocycles. The monoisotopic (exact) mass is 372 g/mol. The van der Waals surface area contributed by atoms with Crippen LogP contribution in [0.3, 0.4) is 0 Å². The van der Waals surface area contributed by atoms with E-state index >= 15 is 0 Å². The van der Waals surface area contributed by atoms with Gasteiger partial charge in [0, 0.05) is 25.5 Å². The molecule has 26 heavy (non-hydrogen) atoms. The highest BCUT2D eigenvalue weighted by molar-refractivity contribution is 6.30. The van der Waals surface area contributed by atoms with Gasteiger partial charge in [0.2, 0.25) is 6.79 Å². The van der Waals surface area contributed by atoms with Gasteiger partial charge in [-0.15, -0.1) is 0 Å². The molecule has 0 aliphatic carbocycles. The number of ether oxygens (including phenoxy) is 2. The number of carbonyl (C=O) groups excluding carboxylic acids is 1. The number of likely N-dealkylation sites (tertiary alicyclic amines) is 1. The van der Waals surface area contributed by atoms with Crippen LogP contribution in [0, 0.1) is 5.41 Å². The lowest BCUT2D eigenvalue weighted by atomic mass is 9.76. The normalized spacial score (nSPS) is 21.7. The molecule has 2 aliphatic rings. The van der Waals surface area contributed by atoms with E-state index < -0.39 is 0 Å². The van der Waals surface area contributed by atoms with E-state index in [1.54, 1.807) is 12.3 Å². The number of fused-ring (bicyclic) bond motifs is 1. The van der Waals surface area contributed by atoms with Crippen molar-refractivity contribution in [2.24, 2.45) is 5.41 Å². The van der Waals surface area contributed by atoms with Gasteiger partial charge in [0.05, 0.1) is 10.6 Å². The minimum absolute atomic E-state index is 0.00314. The number of amides is 1.